The van der Waals surface area contributed by atoms with Gasteiger partial charge in [0.15, 0.2) is 5.15 Å². The van der Waals surface area contributed by atoms with Gasteiger partial charge in [0.05, 0.1) is 18.8 Å². The summed E-state index contributed by atoms with van der Waals surface area (Å²) in [6.07, 6.45) is 2.95. The number of aromatic amines is 1. The fourth-order valence-electron chi connectivity index (χ4n) is 3.55. The largest absolute Gasteiger partial charge is 0.480 e. The maximum atomic E-state index is 9.77. The number of carbonyl (C=O) groups is 1. The van der Waals surface area contributed by atoms with E-state index in [0.717, 1.165) is 47.3 Å². The summed E-state index contributed by atoms with van der Waals surface area (Å²) >= 11 is 6.26. The highest BCUT2D eigenvalue weighted by Crippen LogP contribution is 2.30. The molecule has 0 radical (unpaired) electrons. The van der Waals surface area contributed by atoms with Crippen LogP contribution in [0, 0.1) is 0 Å². The van der Waals surface area contributed by atoms with Crippen LogP contribution in [0.4, 0.5) is 0 Å². The Balaban J connectivity index is 0.000000623. The Labute approximate surface area is 207 Å². The van der Waals surface area contributed by atoms with E-state index < -0.39 is 5.97 Å². The molecular weight excluding hydrogens is 470 g/mol. The van der Waals surface area contributed by atoms with Gasteiger partial charge in [-0.1, -0.05) is 73.5 Å². The molecule has 0 aliphatic carbocycles. The van der Waals surface area contributed by atoms with E-state index >= 15 is 0 Å². The van der Waals surface area contributed by atoms with Gasteiger partial charge in [0.1, 0.15) is 5.82 Å². The lowest BCUT2D eigenvalue weighted by atomic mass is 9.98. The van der Waals surface area contributed by atoms with Crippen LogP contribution in [0.2, 0.25) is 5.15 Å². The van der Waals surface area contributed by atoms with E-state index in [4.69, 9.17) is 16.7 Å². The number of carboxylic acids is 1. The Kier molecular flexibility index (Phi) is 9.47. The van der Waals surface area contributed by atoms with Gasteiger partial charge in [-0.3, -0.25) is 4.79 Å². The van der Waals surface area contributed by atoms with Crippen LogP contribution in [-0.4, -0.2) is 52.9 Å². The molecule has 0 aliphatic heterocycles. The Morgan fingerprint density at radius 3 is 2.40 bits per heavy atom. The molecule has 2 heterocycles. The zero-order chi connectivity index (χ0) is 25.2. The predicted molar refractivity (Wildman–Crippen MR) is 133 cm³/mol. The average molecular weight is 498 g/mol. The zero-order valence-electron chi connectivity index (χ0n) is 19.4. The van der Waals surface area contributed by atoms with Crippen LogP contribution in [-0.2, 0) is 24.4 Å². The number of aliphatic hydroxyl groups is 1. The van der Waals surface area contributed by atoms with Crippen molar-refractivity contribution in [3.63, 3.8) is 0 Å². The first-order chi connectivity index (χ1) is 17.0. The number of rotatable bonds is 9. The number of aliphatic hydroxyl groups excluding tert-OH is 1. The summed E-state index contributed by atoms with van der Waals surface area (Å²) in [5, 5.41) is 32.1. The first-order valence-corrected chi connectivity index (χ1v) is 11.5. The van der Waals surface area contributed by atoms with E-state index in [2.05, 4.69) is 62.5 Å². The molecule has 4 aromatic rings. The SMILES string of the molecule is CCCCc1nc(Cl)c(CO)n1Cc1ccc(-c2ccccc2-c2nn[nH]n2)cc1.NCC(=O)O. The van der Waals surface area contributed by atoms with Crippen molar-refractivity contribution in [3.8, 4) is 22.5 Å². The average Bonchev–Trinajstić information content (AvgIpc) is 3.51. The molecule has 0 atom stereocenters. The number of aromatic nitrogens is 6. The molecule has 0 amide bonds. The van der Waals surface area contributed by atoms with Gasteiger partial charge in [-0.15, -0.1) is 10.2 Å². The normalized spacial score (nSPS) is 10.6. The lowest BCUT2D eigenvalue weighted by Gasteiger charge is -2.12. The molecule has 2 aromatic heterocycles. The topological polar surface area (TPSA) is 156 Å². The van der Waals surface area contributed by atoms with Crippen molar-refractivity contribution >= 4 is 17.6 Å². The van der Waals surface area contributed by atoms with Crippen molar-refractivity contribution in [2.45, 2.75) is 39.3 Å². The van der Waals surface area contributed by atoms with Gasteiger partial charge in [-0.25, -0.2) is 4.98 Å². The summed E-state index contributed by atoms with van der Waals surface area (Å²) in [5.74, 6) is 0.512. The maximum absolute atomic E-state index is 9.77. The van der Waals surface area contributed by atoms with Gasteiger partial charge in [-0.2, -0.15) is 5.21 Å². The third-order valence-electron chi connectivity index (χ3n) is 5.30. The summed E-state index contributed by atoms with van der Waals surface area (Å²) in [5.41, 5.74) is 9.37. The Hall–Kier alpha value is -3.60. The zero-order valence-corrected chi connectivity index (χ0v) is 20.1. The smallest absolute Gasteiger partial charge is 0.317 e. The van der Waals surface area contributed by atoms with E-state index in [1.807, 2.05) is 28.8 Å². The van der Waals surface area contributed by atoms with E-state index in [9.17, 15) is 9.90 Å². The molecule has 0 saturated carbocycles. The van der Waals surface area contributed by atoms with Gasteiger partial charge in [0.25, 0.3) is 0 Å². The van der Waals surface area contributed by atoms with Crippen LogP contribution in [0.1, 0.15) is 36.8 Å². The van der Waals surface area contributed by atoms with Gasteiger partial charge < -0.3 is 20.5 Å². The molecule has 0 aliphatic rings. The second kappa shape index (κ2) is 12.7. The third-order valence-corrected chi connectivity index (χ3v) is 5.60. The van der Waals surface area contributed by atoms with Crippen molar-refractivity contribution < 1.29 is 15.0 Å². The third kappa shape index (κ3) is 6.72. The Morgan fingerprint density at radius 2 is 1.83 bits per heavy atom. The second-order valence-corrected chi connectivity index (χ2v) is 8.05. The fourth-order valence-corrected chi connectivity index (χ4v) is 3.81. The van der Waals surface area contributed by atoms with Gasteiger partial charge >= 0.3 is 5.97 Å². The second-order valence-electron chi connectivity index (χ2n) is 7.69. The van der Waals surface area contributed by atoms with Crippen LogP contribution in [0.3, 0.4) is 0 Å². The fraction of sp³-hybridized carbons (Fsp3) is 0.292. The summed E-state index contributed by atoms with van der Waals surface area (Å²) in [4.78, 5) is 13.7. The quantitative estimate of drug-likeness (QED) is 0.274. The lowest BCUT2D eigenvalue weighted by Crippen LogP contribution is -2.10. The first-order valence-electron chi connectivity index (χ1n) is 11.2. The molecule has 0 bridgehead atoms. The molecule has 11 heteroatoms. The number of tetrazole rings is 1. The molecule has 0 saturated heterocycles. The van der Waals surface area contributed by atoms with E-state index in [-0.39, 0.29) is 13.2 Å². The summed E-state index contributed by atoms with van der Waals surface area (Å²) in [7, 11) is 0. The molecule has 5 N–H and O–H groups in total. The summed E-state index contributed by atoms with van der Waals surface area (Å²) < 4.78 is 2.03. The number of nitrogens with one attached hydrogen (secondary N) is 1. The van der Waals surface area contributed by atoms with Crippen molar-refractivity contribution in [2.75, 3.05) is 6.54 Å². The number of nitrogens with zero attached hydrogens (tertiary/aromatic N) is 5. The molecule has 2 aromatic carbocycles. The Bertz CT molecular complexity index is 1220. The summed E-state index contributed by atoms with van der Waals surface area (Å²) in [6, 6.07) is 16.3. The molecule has 0 unspecified atom stereocenters. The minimum absolute atomic E-state index is 0.131. The molecule has 4 rings (SSSR count). The number of benzene rings is 2. The Morgan fingerprint density at radius 1 is 1.14 bits per heavy atom. The van der Waals surface area contributed by atoms with Gasteiger partial charge in [-0.05, 0) is 28.3 Å². The molecule has 35 heavy (non-hydrogen) atoms. The number of aryl methyl sites for hydroxylation is 1. The number of halogens is 1. The standard InChI is InChI=1S/C22H23ClN6O.C2H5NO2/c1-2-3-8-20-24-21(23)19(14-30)29(20)13-15-9-11-16(12-10-15)17-6-4-5-7-18(17)22-25-27-28-26-22;3-1-2(4)5/h4-7,9-12,30H,2-3,8,13-14H2,1H3,(H,25,26,27,28);1,3H2,(H,4,5). The number of hydrogen-bond acceptors (Lipinski definition) is 7. The summed E-state index contributed by atoms with van der Waals surface area (Å²) in [6.45, 7) is 2.35. The number of H-pyrrole nitrogens is 1. The molecule has 0 spiro atoms. The van der Waals surface area contributed by atoms with Crippen molar-refractivity contribution in [3.05, 3.63) is 70.8 Å². The van der Waals surface area contributed by atoms with Gasteiger partial charge in [0.2, 0.25) is 5.82 Å². The van der Waals surface area contributed by atoms with E-state index in [1.165, 1.54) is 0 Å². The molecule has 184 valence electrons. The van der Waals surface area contributed by atoms with Crippen LogP contribution in [0.25, 0.3) is 22.5 Å². The minimum atomic E-state index is -0.968. The predicted octanol–water partition coefficient (Wildman–Crippen LogP) is 3.30. The van der Waals surface area contributed by atoms with Crippen LogP contribution in [0.15, 0.2) is 48.5 Å². The van der Waals surface area contributed by atoms with E-state index in [0.29, 0.717) is 23.2 Å². The van der Waals surface area contributed by atoms with E-state index in [1.54, 1.807) is 0 Å². The lowest BCUT2D eigenvalue weighted by molar-refractivity contribution is -0.135. The number of imidazole rings is 1. The van der Waals surface area contributed by atoms with Crippen molar-refractivity contribution in [1.82, 2.24) is 30.2 Å². The van der Waals surface area contributed by atoms with Crippen LogP contribution >= 0.6 is 11.6 Å². The molecule has 0 fully saturated rings. The first kappa shape index (κ1) is 26.0. The minimum Gasteiger partial charge on any atom is -0.480 e. The highest BCUT2D eigenvalue weighted by atomic mass is 35.5. The number of hydrogen-bond donors (Lipinski definition) is 4. The number of aliphatic carboxylic acids is 1. The van der Waals surface area contributed by atoms with Crippen molar-refractivity contribution in [2.24, 2.45) is 5.73 Å². The number of unbranched alkanes of at least 4 members (excludes halogenated alkanes) is 1. The number of carboxylic acid groups (broad SMARTS) is 1. The monoisotopic (exact) mass is 497 g/mol. The molecule has 10 nitrogen and oxygen atoms in total. The van der Waals surface area contributed by atoms with Gasteiger partial charge in [0, 0.05) is 18.5 Å². The highest BCUT2D eigenvalue weighted by Gasteiger charge is 2.16. The van der Waals surface area contributed by atoms with Crippen LogP contribution < -0.4 is 5.73 Å². The maximum Gasteiger partial charge on any atom is 0.317 e. The van der Waals surface area contributed by atoms with Crippen LogP contribution in [0.5, 0.6) is 0 Å². The van der Waals surface area contributed by atoms with Crippen molar-refractivity contribution in [1.29, 1.82) is 0 Å². The highest BCUT2D eigenvalue weighted by molar-refractivity contribution is 6.30. The molecular formula is C24H28ClN7O3. The number of nitrogens with two attached hydrogens (primary N) is 1.